The lowest BCUT2D eigenvalue weighted by Crippen LogP contribution is -2.33. The molecule has 6 nitrogen and oxygen atoms in total. The van der Waals surface area contributed by atoms with Crippen LogP contribution in [-0.2, 0) is 20.8 Å². The molecule has 0 bridgehead atoms. The van der Waals surface area contributed by atoms with Crippen molar-refractivity contribution in [2.24, 2.45) is 0 Å². The number of esters is 1. The lowest BCUT2D eigenvalue weighted by molar-refractivity contribution is -0.147. The van der Waals surface area contributed by atoms with E-state index in [1.54, 1.807) is 25.1 Å². The van der Waals surface area contributed by atoms with Gasteiger partial charge in [0.15, 0.2) is 0 Å². The third-order valence-corrected chi connectivity index (χ3v) is 4.04. The molecule has 1 amide bonds. The third-order valence-electron chi connectivity index (χ3n) is 4.04. The second-order valence-corrected chi connectivity index (χ2v) is 5.80. The molecular weight excluding hydrogens is 321 g/mol. The number of benzene rings is 2. The molecule has 0 saturated heterocycles. The smallest absolute Gasteiger partial charge is 0.456 e. The van der Waals surface area contributed by atoms with Gasteiger partial charge >= 0.3 is 13.1 Å². The Kier molecular flexibility index (Phi) is 5.16. The molecule has 3 rings (SSSR count). The van der Waals surface area contributed by atoms with Crippen LogP contribution in [0, 0.1) is 0 Å². The fraction of sp³-hybridized carbons (Fsp3) is 0.222. The van der Waals surface area contributed by atoms with Gasteiger partial charge in [-0.3, -0.25) is 9.59 Å². The van der Waals surface area contributed by atoms with Gasteiger partial charge in [-0.1, -0.05) is 36.4 Å². The van der Waals surface area contributed by atoms with Crippen LogP contribution in [0.4, 0.5) is 0 Å². The molecule has 1 unspecified atom stereocenters. The van der Waals surface area contributed by atoms with Gasteiger partial charge in [0.2, 0.25) is 0 Å². The summed E-state index contributed by atoms with van der Waals surface area (Å²) in [6, 6.07) is 14.3. The van der Waals surface area contributed by atoms with E-state index < -0.39 is 25.1 Å². The van der Waals surface area contributed by atoms with Gasteiger partial charge in [0.05, 0.1) is 6.61 Å². The Morgan fingerprint density at radius 1 is 1.28 bits per heavy atom. The predicted octanol–water partition coefficient (Wildman–Crippen LogP) is 0.938. The quantitative estimate of drug-likeness (QED) is 0.626. The molecule has 0 aliphatic carbocycles. The second kappa shape index (κ2) is 7.50. The number of rotatable bonds is 5. The zero-order valence-electron chi connectivity index (χ0n) is 13.8. The minimum absolute atomic E-state index is 0.230. The first-order valence-corrected chi connectivity index (χ1v) is 7.99. The molecule has 0 radical (unpaired) electrons. The highest BCUT2D eigenvalue weighted by atomic mass is 16.5. The number of fused-ring (bicyclic) bond motifs is 1. The van der Waals surface area contributed by atoms with Crippen molar-refractivity contribution in [1.82, 2.24) is 5.32 Å². The van der Waals surface area contributed by atoms with Crippen molar-refractivity contribution >= 4 is 24.5 Å². The summed E-state index contributed by atoms with van der Waals surface area (Å²) < 4.78 is 10.4. The maximum atomic E-state index is 12.2. The maximum Gasteiger partial charge on any atom is 0.491 e. The number of ether oxygens (including phenoxy) is 1. The van der Waals surface area contributed by atoms with E-state index in [1.165, 1.54) is 0 Å². The monoisotopic (exact) mass is 339 g/mol. The molecule has 128 valence electrons. The zero-order valence-corrected chi connectivity index (χ0v) is 13.8. The number of nitrogens with one attached hydrogen (secondary N) is 1. The Bertz CT molecular complexity index is 780. The maximum absolute atomic E-state index is 12.2. The van der Waals surface area contributed by atoms with Gasteiger partial charge in [-0.25, -0.2) is 0 Å². The summed E-state index contributed by atoms with van der Waals surface area (Å²) >= 11 is 0. The van der Waals surface area contributed by atoms with Crippen molar-refractivity contribution in [3.8, 4) is 0 Å². The first-order valence-electron chi connectivity index (χ1n) is 7.99. The number of hydrogen-bond acceptors (Lipinski definition) is 5. The molecule has 2 aromatic carbocycles. The highest BCUT2D eigenvalue weighted by molar-refractivity contribution is 6.61. The lowest BCUT2D eigenvalue weighted by Gasteiger charge is -2.14. The molecule has 1 atom stereocenters. The van der Waals surface area contributed by atoms with Crippen molar-refractivity contribution < 1.29 is 24.0 Å². The Morgan fingerprint density at radius 2 is 2.04 bits per heavy atom. The van der Waals surface area contributed by atoms with E-state index in [1.807, 2.05) is 30.3 Å². The fourth-order valence-electron chi connectivity index (χ4n) is 2.64. The van der Waals surface area contributed by atoms with Gasteiger partial charge in [0, 0.05) is 5.56 Å². The molecule has 0 fully saturated rings. The molecule has 25 heavy (non-hydrogen) atoms. The molecule has 1 aliphatic heterocycles. The zero-order chi connectivity index (χ0) is 17.8. The minimum atomic E-state index is -1.01. The first-order chi connectivity index (χ1) is 12.0. The number of hydrogen-bond donors (Lipinski definition) is 2. The average molecular weight is 339 g/mol. The third kappa shape index (κ3) is 4.07. The van der Waals surface area contributed by atoms with Gasteiger partial charge < -0.3 is 19.7 Å². The second-order valence-electron chi connectivity index (χ2n) is 5.80. The largest absolute Gasteiger partial charge is 0.491 e. The Balaban J connectivity index is 1.54. The van der Waals surface area contributed by atoms with Crippen LogP contribution in [0.1, 0.15) is 34.5 Å². The highest BCUT2D eigenvalue weighted by Gasteiger charge is 2.28. The summed E-state index contributed by atoms with van der Waals surface area (Å²) in [5.74, 6) is -0.930. The van der Waals surface area contributed by atoms with Crippen LogP contribution in [0.25, 0.3) is 0 Å². The Morgan fingerprint density at radius 3 is 2.80 bits per heavy atom. The predicted molar refractivity (Wildman–Crippen MR) is 92.1 cm³/mol. The molecule has 0 spiro atoms. The van der Waals surface area contributed by atoms with Crippen LogP contribution in [-0.4, -0.2) is 30.6 Å². The van der Waals surface area contributed by atoms with Crippen LogP contribution < -0.4 is 10.8 Å². The summed E-state index contributed by atoms with van der Waals surface area (Å²) in [6.07, 6.45) is -0.391. The van der Waals surface area contributed by atoms with E-state index in [0.29, 0.717) is 17.6 Å². The number of carbonyl (C=O) groups is 2. The molecular formula is C18H18BNO5. The van der Waals surface area contributed by atoms with E-state index in [4.69, 9.17) is 9.39 Å². The number of amides is 1. The Hall–Kier alpha value is -2.64. The van der Waals surface area contributed by atoms with Gasteiger partial charge in [-0.15, -0.1) is 0 Å². The summed E-state index contributed by atoms with van der Waals surface area (Å²) in [6.45, 7) is 1.87. The van der Waals surface area contributed by atoms with Crippen molar-refractivity contribution in [2.75, 3.05) is 6.54 Å². The van der Waals surface area contributed by atoms with Crippen LogP contribution in [0.3, 0.4) is 0 Å². The molecule has 2 aromatic rings. The SMILES string of the molecule is CC(OC(=O)CNC(=O)c1ccc2c(c1)B(O)OC2)c1ccccc1. The van der Waals surface area contributed by atoms with Gasteiger partial charge in [0.1, 0.15) is 12.6 Å². The van der Waals surface area contributed by atoms with Crippen LogP contribution >= 0.6 is 0 Å². The van der Waals surface area contributed by atoms with E-state index in [-0.39, 0.29) is 6.54 Å². The first kappa shape index (κ1) is 17.2. The van der Waals surface area contributed by atoms with Crippen molar-refractivity contribution in [1.29, 1.82) is 0 Å². The van der Waals surface area contributed by atoms with E-state index in [2.05, 4.69) is 5.32 Å². The van der Waals surface area contributed by atoms with E-state index in [9.17, 15) is 14.6 Å². The molecule has 1 aliphatic rings. The summed E-state index contributed by atoms with van der Waals surface area (Å²) in [5, 5.41) is 12.2. The van der Waals surface area contributed by atoms with Gasteiger partial charge in [0.25, 0.3) is 5.91 Å². The minimum Gasteiger partial charge on any atom is -0.456 e. The summed E-state index contributed by atoms with van der Waals surface area (Å²) in [7, 11) is -1.01. The summed E-state index contributed by atoms with van der Waals surface area (Å²) in [5.41, 5.74) is 2.66. The van der Waals surface area contributed by atoms with Crippen LogP contribution in [0.5, 0.6) is 0 Å². The Labute approximate surface area is 145 Å². The van der Waals surface area contributed by atoms with Crippen LogP contribution in [0.2, 0.25) is 0 Å². The fourth-order valence-corrected chi connectivity index (χ4v) is 2.64. The summed E-state index contributed by atoms with van der Waals surface area (Å²) in [4.78, 5) is 24.1. The molecule has 2 N–H and O–H groups in total. The normalized spacial score (nSPS) is 13.9. The van der Waals surface area contributed by atoms with Crippen LogP contribution in [0.15, 0.2) is 48.5 Å². The molecule has 0 aromatic heterocycles. The van der Waals surface area contributed by atoms with Crippen molar-refractivity contribution in [3.63, 3.8) is 0 Å². The van der Waals surface area contributed by atoms with Gasteiger partial charge in [-0.2, -0.15) is 0 Å². The van der Waals surface area contributed by atoms with E-state index >= 15 is 0 Å². The molecule has 1 heterocycles. The van der Waals surface area contributed by atoms with Crippen molar-refractivity contribution in [2.45, 2.75) is 19.6 Å². The number of carbonyl (C=O) groups excluding carboxylic acids is 2. The molecule has 7 heteroatoms. The van der Waals surface area contributed by atoms with Crippen molar-refractivity contribution in [3.05, 3.63) is 65.2 Å². The van der Waals surface area contributed by atoms with Gasteiger partial charge in [-0.05, 0) is 35.6 Å². The topological polar surface area (TPSA) is 84.9 Å². The average Bonchev–Trinajstić information content (AvgIpc) is 3.01. The van der Waals surface area contributed by atoms with E-state index in [0.717, 1.165) is 11.1 Å². The lowest BCUT2D eigenvalue weighted by atomic mass is 9.79. The highest BCUT2D eigenvalue weighted by Crippen LogP contribution is 2.16. The molecule has 0 saturated carbocycles. The standard InChI is InChI=1S/C18H18BNO5/c1-12(13-5-3-2-4-6-13)25-17(21)10-20-18(22)14-7-8-15-11-24-19(23)16(15)9-14/h2-9,12,23H,10-11H2,1H3,(H,20,22).